The van der Waals surface area contributed by atoms with Crippen LogP contribution in [0.4, 0.5) is 0 Å². The first-order valence-corrected chi connectivity index (χ1v) is 6.06. The Morgan fingerprint density at radius 1 is 1.33 bits per heavy atom. The molecule has 4 heteroatoms. The molecule has 0 spiro atoms. The molecule has 18 heavy (non-hydrogen) atoms. The minimum Gasteiger partial charge on any atom is -0.378 e. The van der Waals surface area contributed by atoms with E-state index in [4.69, 9.17) is 0 Å². The number of aliphatic hydroxyl groups is 1. The van der Waals surface area contributed by atoms with Gasteiger partial charge >= 0.3 is 0 Å². The topological polar surface area (TPSA) is 61.7 Å². The fourth-order valence-corrected chi connectivity index (χ4v) is 1.63. The molecule has 1 aromatic carbocycles. The highest BCUT2D eigenvalue weighted by molar-refractivity contribution is 5.86. The van der Waals surface area contributed by atoms with E-state index in [9.17, 15) is 9.90 Å². The minimum absolute atomic E-state index is 0.490. The fraction of sp³-hybridized carbons (Fsp3) is 0.429. The molecule has 2 N–H and O–H groups in total. The van der Waals surface area contributed by atoms with Crippen LogP contribution < -0.4 is 5.43 Å². The second kappa shape index (κ2) is 6.91. The zero-order valence-corrected chi connectivity index (χ0v) is 11.1. The van der Waals surface area contributed by atoms with Crippen LogP contribution in [0.3, 0.4) is 0 Å². The normalized spacial score (nSPS) is 13.5. The predicted molar refractivity (Wildman–Crippen MR) is 72.1 cm³/mol. The van der Waals surface area contributed by atoms with Crippen LogP contribution in [0.25, 0.3) is 0 Å². The summed E-state index contributed by atoms with van der Waals surface area (Å²) in [5.41, 5.74) is 3.79. The Kier molecular flexibility index (Phi) is 5.52. The third kappa shape index (κ3) is 4.67. The lowest BCUT2D eigenvalue weighted by Gasteiger charge is -2.10. The molecule has 98 valence electrons. The van der Waals surface area contributed by atoms with Gasteiger partial charge in [-0.2, -0.15) is 5.10 Å². The maximum absolute atomic E-state index is 11.7. The Balaban J connectivity index is 2.56. The van der Waals surface area contributed by atoms with Crippen molar-refractivity contribution in [3.8, 4) is 0 Å². The van der Waals surface area contributed by atoms with Gasteiger partial charge in [0.05, 0.1) is 0 Å². The van der Waals surface area contributed by atoms with Crippen molar-refractivity contribution in [1.82, 2.24) is 5.43 Å². The number of nitrogens with one attached hydrogen (secondary N) is 1. The van der Waals surface area contributed by atoms with Crippen LogP contribution in [-0.4, -0.2) is 16.7 Å². The molecule has 1 unspecified atom stereocenters. The highest BCUT2D eigenvalue weighted by Gasteiger charge is 2.16. The number of hydrogen-bond acceptors (Lipinski definition) is 3. The number of rotatable bonds is 5. The molecule has 0 aliphatic heterocycles. The lowest BCUT2D eigenvalue weighted by molar-refractivity contribution is -0.129. The number of aliphatic hydroxyl groups excluding tert-OH is 1. The lowest BCUT2D eigenvalue weighted by Crippen LogP contribution is -2.26. The van der Waals surface area contributed by atoms with Crippen LogP contribution in [0.5, 0.6) is 0 Å². The first-order chi connectivity index (χ1) is 8.50. The van der Waals surface area contributed by atoms with E-state index in [1.165, 1.54) is 0 Å². The molecule has 4 nitrogen and oxygen atoms in total. The Labute approximate surface area is 108 Å². The van der Waals surface area contributed by atoms with Crippen molar-refractivity contribution in [2.75, 3.05) is 0 Å². The molecule has 0 fully saturated rings. The lowest BCUT2D eigenvalue weighted by atomic mass is 10.1. The first kappa shape index (κ1) is 14.4. The molecule has 1 atom stereocenters. The van der Waals surface area contributed by atoms with Gasteiger partial charge in [-0.3, -0.25) is 4.79 Å². The predicted octanol–water partition coefficient (Wildman–Crippen LogP) is 2.26. The van der Waals surface area contributed by atoms with E-state index < -0.39 is 12.0 Å². The maximum Gasteiger partial charge on any atom is 0.273 e. The average Bonchev–Trinajstić information content (AvgIpc) is 2.35. The summed E-state index contributed by atoms with van der Waals surface area (Å²) >= 11 is 0. The van der Waals surface area contributed by atoms with E-state index in [0.29, 0.717) is 11.5 Å². The highest BCUT2D eigenvalue weighted by Crippen LogP contribution is 2.11. The second-order valence-electron chi connectivity index (χ2n) is 4.73. The molecule has 0 saturated heterocycles. The fourth-order valence-electron chi connectivity index (χ4n) is 1.63. The molecule has 1 amide bonds. The number of nitrogens with zero attached hydrogens (tertiary/aromatic N) is 1. The van der Waals surface area contributed by atoms with Crippen LogP contribution >= 0.6 is 0 Å². The van der Waals surface area contributed by atoms with Crippen molar-refractivity contribution >= 4 is 11.6 Å². The van der Waals surface area contributed by atoms with Crippen molar-refractivity contribution in [3.63, 3.8) is 0 Å². The summed E-state index contributed by atoms with van der Waals surface area (Å²) in [7, 11) is 0. The Morgan fingerprint density at radius 2 is 1.94 bits per heavy atom. The van der Waals surface area contributed by atoms with E-state index in [2.05, 4.69) is 24.4 Å². The zero-order valence-electron chi connectivity index (χ0n) is 11.1. The summed E-state index contributed by atoms with van der Waals surface area (Å²) in [6.07, 6.45) is -0.358. The molecular weight excluding hydrogens is 228 g/mol. The van der Waals surface area contributed by atoms with Crippen molar-refractivity contribution in [1.29, 1.82) is 0 Å². The van der Waals surface area contributed by atoms with E-state index in [0.717, 1.165) is 12.1 Å². The number of hydrogen-bond donors (Lipinski definition) is 2. The van der Waals surface area contributed by atoms with Crippen LogP contribution in [0.2, 0.25) is 0 Å². The Bertz CT molecular complexity index is 413. The van der Waals surface area contributed by atoms with Gasteiger partial charge in [0.2, 0.25) is 0 Å². The van der Waals surface area contributed by atoms with Crippen molar-refractivity contribution in [2.45, 2.75) is 33.3 Å². The van der Waals surface area contributed by atoms with Gasteiger partial charge in [-0.1, -0.05) is 44.2 Å². The minimum atomic E-state index is -1.18. The van der Waals surface area contributed by atoms with Crippen molar-refractivity contribution < 1.29 is 9.90 Å². The number of carbonyl (C=O) groups excluding carboxylic acids is 1. The Hall–Kier alpha value is -1.68. The third-order valence-corrected chi connectivity index (χ3v) is 2.42. The quantitative estimate of drug-likeness (QED) is 0.620. The largest absolute Gasteiger partial charge is 0.378 e. The van der Waals surface area contributed by atoms with Gasteiger partial charge in [0.15, 0.2) is 6.10 Å². The molecule has 1 rings (SSSR count). The second-order valence-corrected chi connectivity index (χ2v) is 4.73. The van der Waals surface area contributed by atoms with Gasteiger partial charge in [-0.15, -0.1) is 0 Å². The SMILES string of the molecule is C/C(CC(C)C)=N\NC(=O)C(O)c1ccccc1. The van der Waals surface area contributed by atoms with Crippen LogP contribution in [0.15, 0.2) is 35.4 Å². The molecule has 0 heterocycles. The standard InChI is InChI=1S/C14H20N2O2/c1-10(2)9-11(3)15-16-14(18)13(17)12-7-5-4-6-8-12/h4-8,10,13,17H,9H2,1-3H3,(H,16,18)/b15-11+. The first-order valence-electron chi connectivity index (χ1n) is 6.06. The summed E-state index contributed by atoms with van der Waals surface area (Å²) in [5, 5.41) is 13.8. The molecule has 1 aromatic rings. The number of amides is 1. The summed E-state index contributed by atoms with van der Waals surface area (Å²) in [6, 6.07) is 8.79. The maximum atomic E-state index is 11.7. The van der Waals surface area contributed by atoms with E-state index in [-0.39, 0.29) is 0 Å². The third-order valence-electron chi connectivity index (χ3n) is 2.42. The summed E-state index contributed by atoms with van der Waals surface area (Å²) < 4.78 is 0. The molecule has 0 aliphatic carbocycles. The van der Waals surface area contributed by atoms with Crippen molar-refractivity contribution in [3.05, 3.63) is 35.9 Å². The van der Waals surface area contributed by atoms with Gasteiger partial charge in [0.25, 0.3) is 5.91 Å². The number of hydrazone groups is 1. The average molecular weight is 248 g/mol. The summed E-state index contributed by atoms with van der Waals surface area (Å²) in [5.74, 6) is -0.0194. The van der Waals surface area contributed by atoms with E-state index >= 15 is 0 Å². The number of benzene rings is 1. The summed E-state index contributed by atoms with van der Waals surface area (Å²) in [4.78, 5) is 11.7. The molecule has 0 radical (unpaired) electrons. The van der Waals surface area contributed by atoms with Crippen molar-refractivity contribution in [2.24, 2.45) is 11.0 Å². The summed E-state index contributed by atoms with van der Waals surface area (Å²) in [6.45, 7) is 6.02. The number of carbonyl (C=O) groups is 1. The van der Waals surface area contributed by atoms with Gasteiger partial charge in [0, 0.05) is 5.71 Å². The van der Waals surface area contributed by atoms with Gasteiger partial charge in [-0.25, -0.2) is 5.43 Å². The molecule has 0 saturated carbocycles. The van der Waals surface area contributed by atoms with E-state index in [1.807, 2.05) is 13.0 Å². The monoisotopic (exact) mass is 248 g/mol. The zero-order chi connectivity index (χ0) is 13.5. The van der Waals surface area contributed by atoms with Crippen LogP contribution in [0.1, 0.15) is 38.9 Å². The molecule has 0 aromatic heterocycles. The molecular formula is C14H20N2O2. The van der Waals surface area contributed by atoms with Gasteiger partial charge < -0.3 is 5.11 Å². The van der Waals surface area contributed by atoms with Crippen LogP contribution in [0, 0.1) is 5.92 Å². The molecule has 0 bridgehead atoms. The van der Waals surface area contributed by atoms with Gasteiger partial charge in [0.1, 0.15) is 0 Å². The highest BCUT2D eigenvalue weighted by atomic mass is 16.3. The van der Waals surface area contributed by atoms with Crippen LogP contribution in [-0.2, 0) is 4.79 Å². The Morgan fingerprint density at radius 3 is 2.50 bits per heavy atom. The molecule has 0 aliphatic rings. The van der Waals surface area contributed by atoms with Gasteiger partial charge in [-0.05, 0) is 24.8 Å². The smallest absolute Gasteiger partial charge is 0.273 e. The van der Waals surface area contributed by atoms with E-state index in [1.54, 1.807) is 24.3 Å².